The molecule has 3 rings (SSSR count). The zero-order valence-electron chi connectivity index (χ0n) is 11.0. The van der Waals surface area contributed by atoms with Crippen LogP contribution in [0.25, 0.3) is 5.69 Å². The standard InChI is InChI=1S/C15H12Br2N4/c16-12-8-13(17)15(19-10-12)18-9-11-4-1-2-5-14(11)21-7-3-6-20-21/h1-8,10H,9H2,(H,18,19). The molecule has 0 saturated carbocycles. The van der Waals surface area contributed by atoms with E-state index in [0.29, 0.717) is 6.54 Å². The summed E-state index contributed by atoms with van der Waals surface area (Å²) in [5.74, 6) is 0.813. The molecule has 0 aliphatic heterocycles. The van der Waals surface area contributed by atoms with Crippen LogP contribution in [0, 0.1) is 0 Å². The van der Waals surface area contributed by atoms with Crippen LogP contribution in [0.4, 0.5) is 5.82 Å². The molecule has 1 N–H and O–H groups in total. The zero-order valence-corrected chi connectivity index (χ0v) is 14.2. The van der Waals surface area contributed by atoms with Crippen molar-refractivity contribution in [3.63, 3.8) is 0 Å². The molecule has 3 aromatic rings. The monoisotopic (exact) mass is 406 g/mol. The van der Waals surface area contributed by atoms with Gasteiger partial charge in [-0.05, 0) is 55.6 Å². The number of hydrogen-bond acceptors (Lipinski definition) is 3. The molecule has 0 bridgehead atoms. The van der Waals surface area contributed by atoms with Gasteiger partial charge in [0.05, 0.1) is 10.2 Å². The average molecular weight is 408 g/mol. The van der Waals surface area contributed by atoms with Crippen LogP contribution in [0.1, 0.15) is 5.56 Å². The summed E-state index contributed by atoms with van der Waals surface area (Å²) in [6.07, 6.45) is 5.48. The minimum Gasteiger partial charge on any atom is -0.365 e. The Morgan fingerprint density at radius 2 is 2.00 bits per heavy atom. The molecule has 0 radical (unpaired) electrons. The van der Waals surface area contributed by atoms with Gasteiger partial charge in [-0.2, -0.15) is 5.10 Å². The Morgan fingerprint density at radius 1 is 1.14 bits per heavy atom. The van der Waals surface area contributed by atoms with Gasteiger partial charge >= 0.3 is 0 Å². The smallest absolute Gasteiger partial charge is 0.140 e. The normalized spacial score (nSPS) is 10.6. The molecular formula is C15H12Br2N4. The Hall–Kier alpha value is -1.66. The average Bonchev–Trinajstić information content (AvgIpc) is 3.01. The molecule has 2 heterocycles. The van der Waals surface area contributed by atoms with E-state index in [1.807, 2.05) is 41.2 Å². The minimum atomic E-state index is 0.670. The Balaban J connectivity index is 1.83. The van der Waals surface area contributed by atoms with Crippen molar-refractivity contribution in [2.45, 2.75) is 6.54 Å². The summed E-state index contributed by atoms with van der Waals surface area (Å²) in [6, 6.07) is 12.0. The topological polar surface area (TPSA) is 42.7 Å². The van der Waals surface area contributed by atoms with Crippen LogP contribution in [0.2, 0.25) is 0 Å². The van der Waals surface area contributed by atoms with E-state index in [1.54, 1.807) is 12.4 Å². The fourth-order valence-electron chi connectivity index (χ4n) is 2.02. The van der Waals surface area contributed by atoms with Gasteiger partial charge in [-0.3, -0.25) is 0 Å². The number of anilines is 1. The van der Waals surface area contributed by atoms with Gasteiger partial charge in [0.1, 0.15) is 5.82 Å². The van der Waals surface area contributed by atoms with Gasteiger partial charge in [-0.15, -0.1) is 0 Å². The van der Waals surface area contributed by atoms with Gasteiger partial charge in [0.15, 0.2) is 0 Å². The van der Waals surface area contributed by atoms with Crippen molar-refractivity contribution in [3.8, 4) is 5.69 Å². The van der Waals surface area contributed by atoms with Crippen LogP contribution in [0.3, 0.4) is 0 Å². The molecule has 106 valence electrons. The van der Waals surface area contributed by atoms with Crippen molar-refractivity contribution in [2.24, 2.45) is 0 Å². The number of nitrogens with one attached hydrogen (secondary N) is 1. The van der Waals surface area contributed by atoms with E-state index >= 15 is 0 Å². The predicted molar refractivity (Wildman–Crippen MR) is 90.5 cm³/mol. The maximum Gasteiger partial charge on any atom is 0.140 e. The second-order valence-electron chi connectivity index (χ2n) is 4.42. The maximum absolute atomic E-state index is 4.36. The maximum atomic E-state index is 4.36. The Kier molecular flexibility index (Phi) is 4.36. The zero-order chi connectivity index (χ0) is 14.7. The molecule has 0 saturated heterocycles. The summed E-state index contributed by atoms with van der Waals surface area (Å²) in [5, 5.41) is 7.63. The molecule has 4 nitrogen and oxygen atoms in total. The quantitative estimate of drug-likeness (QED) is 0.696. The first-order valence-electron chi connectivity index (χ1n) is 6.37. The molecule has 0 aliphatic carbocycles. The summed E-state index contributed by atoms with van der Waals surface area (Å²) < 4.78 is 3.73. The molecule has 0 unspecified atom stereocenters. The second-order valence-corrected chi connectivity index (χ2v) is 6.19. The molecule has 0 fully saturated rings. The number of rotatable bonds is 4. The first-order chi connectivity index (χ1) is 10.2. The van der Waals surface area contributed by atoms with Crippen LogP contribution >= 0.6 is 31.9 Å². The van der Waals surface area contributed by atoms with Gasteiger partial charge in [-0.25, -0.2) is 9.67 Å². The first-order valence-corrected chi connectivity index (χ1v) is 7.95. The third kappa shape index (κ3) is 3.33. The lowest BCUT2D eigenvalue weighted by Crippen LogP contribution is -2.06. The number of aromatic nitrogens is 3. The van der Waals surface area contributed by atoms with Gasteiger partial charge in [0.25, 0.3) is 0 Å². The van der Waals surface area contributed by atoms with Crippen molar-refractivity contribution in [1.29, 1.82) is 0 Å². The number of benzene rings is 1. The highest BCUT2D eigenvalue weighted by Crippen LogP contribution is 2.24. The molecule has 0 aliphatic rings. The summed E-state index contributed by atoms with van der Waals surface area (Å²) in [7, 11) is 0. The minimum absolute atomic E-state index is 0.670. The summed E-state index contributed by atoms with van der Waals surface area (Å²) >= 11 is 6.90. The Bertz CT molecular complexity index is 741. The van der Waals surface area contributed by atoms with Crippen molar-refractivity contribution in [3.05, 3.63) is 69.5 Å². The Morgan fingerprint density at radius 3 is 2.76 bits per heavy atom. The van der Waals surface area contributed by atoms with Crippen LogP contribution < -0.4 is 5.32 Å². The highest BCUT2D eigenvalue weighted by molar-refractivity contribution is 9.11. The van der Waals surface area contributed by atoms with E-state index in [1.165, 1.54) is 0 Å². The third-order valence-electron chi connectivity index (χ3n) is 3.00. The van der Waals surface area contributed by atoms with Crippen LogP contribution in [0.15, 0.2) is 63.9 Å². The third-order valence-corrected chi connectivity index (χ3v) is 4.04. The summed E-state index contributed by atoms with van der Waals surface area (Å²) in [6.45, 7) is 0.670. The van der Waals surface area contributed by atoms with E-state index in [4.69, 9.17) is 0 Å². The van der Waals surface area contributed by atoms with Gasteiger partial charge in [-0.1, -0.05) is 18.2 Å². The van der Waals surface area contributed by atoms with Gasteiger partial charge < -0.3 is 5.32 Å². The molecule has 0 spiro atoms. The fourth-order valence-corrected chi connectivity index (χ4v) is 3.15. The summed E-state index contributed by atoms with van der Waals surface area (Å²) in [5.41, 5.74) is 2.21. The van der Waals surface area contributed by atoms with Crippen molar-refractivity contribution in [2.75, 3.05) is 5.32 Å². The second kappa shape index (κ2) is 6.41. The first kappa shape index (κ1) is 14.3. The molecule has 6 heteroatoms. The lowest BCUT2D eigenvalue weighted by atomic mass is 10.2. The number of pyridine rings is 1. The van der Waals surface area contributed by atoms with Crippen LogP contribution in [0.5, 0.6) is 0 Å². The Labute approximate surface area is 139 Å². The number of halogens is 2. The largest absolute Gasteiger partial charge is 0.365 e. The lowest BCUT2D eigenvalue weighted by molar-refractivity contribution is 0.863. The highest BCUT2D eigenvalue weighted by atomic mass is 79.9. The lowest BCUT2D eigenvalue weighted by Gasteiger charge is -2.12. The van der Waals surface area contributed by atoms with Gasteiger partial charge in [0, 0.05) is 29.6 Å². The van der Waals surface area contributed by atoms with Crippen LogP contribution in [-0.2, 0) is 6.54 Å². The van der Waals surface area contributed by atoms with Crippen molar-refractivity contribution in [1.82, 2.24) is 14.8 Å². The van der Waals surface area contributed by atoms with Gasteiger partial charge in [0.2, 0.25) is 0 Å². The van der Waals surface area contributed by atoms with E-state index in [0.717, 1.165) is 26.0 Å². The van der Waals surface area contributed by atoms with E-state index in [2.05, 4.69) is 53.3 Å². The number of nitrogens with zero attached hydrogens (tertiary/aromatic N) is 3. The number of para-hydroxylation sites is 1. The van der Waals surface area contributed by atoms with E-state index in [9.17, 15) is 0 Å². The SMILES string of the molecule is Brc1cnc(NCc2ccccc2-n2cccn2)c(Br)c1. The number of hydrogen-bond donors (Lipinski definition) is 1. The molecule has 0 atom stereocenters. The van der Waals surface area contributed by atoms with Crippen LogP contribution in [-0.4, -0.2) is 14.8 Å². The van der Waals surface area contributed by atoms with E-state index in [-0.39, 0.29) is 0 Å². The molecule has 21 heavy (non-hydrogen) atoms. The summed E-state index contributed by atoms with van der Waals surface area (Å²) in [4.78, 5) is 4.36. The van der Waals surface area contributed by atoms with E-state index < -0.39 is 0 Å². The molecule has 1 aromatic carbocycles. The molecule has 0 amide bonds. The van der Waals surface area contributed by atoms with Crippen molar-refractivity contribution < 1.29 is 0 Å². The molecule has 2 aromatic heterocycles. The fraction of sp³-hybridized carbons (Fsp3) is 0.0667. The predicted octanol–water partition coefficient (Wildman–Crippen LogP) is 4.40. The molecular weight excluding hydrogens is 396 g/mol. The van der Waals surface area contributed by atoms with Crippen molar-refractivity contribution >= 4 is 37.7 Å². The highest BCUT2D eigenvalue weighted by Gasteiger charge is 2.06.